The van der Waals surface area contributed by atoms with Crippen molar-refractivity contribution in [2.75, 3.05) is 0 Å². The topological polar surface area (TPSA) is 43.4 Å². The Kier molecular flexibility index (Phi) is 5.66. The van der Waals surface area contributed by atoms with Gasteiger partial charge in [-0.05, 0) is 55.0 Å². The molecule has 5 heteroatoms. The van der Waals surface area contributed by atoms with Crippen LogP contribution in [-0.2, 0) is 9.53 Å². The minimum atomic E-state index is -0.915. The number of carbonyl (C=O) groups is 2. The maximum Gasteiger partial charge on any atom is 0.331 e. The van der Waals surface area contributed by atoms with E-state index in [0.29, 0.717) is 16.1 Å². The Hall–Kier alpha value is -2.46. The second-order valence-electron chi connectivity index (χ2n) is 4.84. The van der Waals surface area contributed by atoms with Crippen molar-refractivity contribution in [1.82, 2.24) is 0 Å². The van der Waals surface area contributed by atoms with Gasteiger partial charge in [0, 0.05) is 16.7 Å². The number of esters is 1. The van der Waals surface area contributed by atoms with E-state index in [1.807, 2.05) is 0 Å². The Balaban J connectivity index is 1.95. The van der Waals surface area contributed by atoms with E-state index < -0.39 is 12.1 Å². The van der Waals surface area contributed by atoms with Gasteiger partial charge in [-0.25, -0.2) is 9.18 Å². The quantitative estimate of drug-likeness (QED) is 0.465. The summed E-state index contributed by atoms with van der Waals surface area (Å²) in [5, 5.41) is 0.522. The average Bonchev–Trinajstić information content (AvgIpc) is 2.54. The number of rotatable bonds is 5. The largest absolute Gasteiger partial charge is 0.451 e. The molecule has 1 atom stereocenters. The number of halogens is 2. The van der Waals surface area contributed by atoms with Crippen LogP contribution in [-0.4, -0.2) is 17.9 Å². The normalized spacial score (nSPS) is 12.1. The van der Waals surface area contributed by atoms with Gasteiger partial charge in [0.05, 0.1) is 0 Å². The number of ether oxygens (including phenoxy) is 1. The molecule has 0 bridgehead atoms. The van der Waals surface area contributed by atoms with E-state index in [9.17, 15) is 14.0 Å². The molecule has 3 nitrogen and oxygen atoms in total. The molecular weight excluding hydrogens is 319 g/mol. The van der Waals surface area contributed by atoms with Gasteiger partial charge in [-0.15, -0.1) is 0 Å². The molecule has 0 saturated carbocycles. The number of benzene rings is 2. The van der Waals surface area contributed by atoms with Crippen LogP contribution >= 0.6 is 11.6 Å². The van der Waals surface area contributed by atoms with Crippen LogP contribution in [0.1, 0.15) is 22.8 Å². The zero-order valence-electron chi connectivity index (χ0n) is 12.3. The highest BCUT2D eigenvalue weighted by molar-refractivity contribution is 6.30. The van der Waals surface area contributed by atoms with Crippen LogP contribution in [0, 0.1) is 5.82 Å². The van der Waals surface area contributed by atoms with Crippen LogP contribution in [0.3, 0.4) is 0 Å². The minimum Gasteiger partial charge on any atom is -0.451 e. The number of carbonyl (C=O) groups excluding carboxylic acids is 2. The lowest BCUT2D eigenvalue weighted by Gasteiger charge is -2.10. The monoisotopic (exact) mass is 332 g/mol. The molecule has 0 unspecified atom stereocenters. The summed E-state index contributed by atoms with van der Waals surface area (Å²) in [6, 6.07) is 12.0. The molecule has 0 aromatic heterocycles. The van der Waals surface area contributed by atoms with E-state index in [2.05, 4.69) is 0 Å². The summed E-state index contributed by atoms with van der Waals surface area (Å²) in [5.74, 6) is -1.32. The summed E-state index contributed by atoms with van der Waals surface area (Å²) in [6.45, 7) is 1.50. The molecule has 0 aliphatic rings. The van der Waals surface area contributed by atoms with Gasteiger partial charge in [-0.3, -0.25) is 4.79 Å². The Bertz CT molecular complexity index is 721. The second kappa shape index (κ2) is 7.70. The van der Waals surface area contributed by atoms with Gasteiger partial charge in [0.15, 0.2) is 6.10 Å². The fourth-order valence-corrected chi connectivity index (χ4v) is 1.98. The van der Waals surface area contributed by atoms with Crippen molar-refractivity contribution in [3.63, 3.8) is 0 Å². The van der Waals surface area contributed by atoms with Crippen LogP contribution in [0.15, 0.2) is 54.6 Å². The molecule has 0 fully saturated rings. The van der Waals surface area contributed by atoms with Gasteiger partial charge in [-0.2, -0.15) is 0 Å². The maximum atomic E-state index is 12.8. The van der Waals surface area contributed by atoms with E-state index in [-0.39, 0.29) is 11.6 Å². The molecular formula is C18H14ClFO3. The van der Waals surface area contributed by atoms with Crippen LogP contribution in [0.4, 0.5) is 4.39 Å². The molecule has 0 spiro atoms. The highest BCUT2D eigenvalue weighted by atomic mass is 35.5. The van der Waals surface area contributed by atoms with Crippen molar-refractivity contribution < 1.29 is 18.7 Å². The fraction of sp³-hybridized carbons (Fsp3) is 0.111. The first-order valence-corrected chi connectivity index (χ1v) is 7.27. The molecule has 0 N–H and O–H groups in total. The number of Topliss-reactive ketones (excluding diaryl/α,β-unsaturated/α-hetero) is 1. The smallest absolute Gasteiger partial charge is 0.331 e. The molecule has 0 amide bonds. The lowest BCUT2D eigenvalue weighted by molar-refractivity contribution is -0.140. The third-order valence-corrected chi connectivity index (χ3v) is 3.32. The van der Waals surface area contributed by atoms with Gasteiger partial charge in [0.2, 0.25) is 5.78 Å². The van der Waals surface area contributed by atoms with Crippen molar-refractivity contribution in [1.29, 1.82) is 0 Å². The van der Waals surface area contributed by atoms with Crippen LogP contribution in [0.5, 0.6) is 0 Å². The molecule has 0 radical (unpaired) electrons. The first-order valence-electron chi connectivity index (χ1n) is 6.90. The van der Waals surface area contributed by atoms with Gasteiger partial charge in [0.25, 0.3) is 0 Å². The molecule has 0 saturated heterocycles. The molecule has 118 valence electrons. The summed E-state index contributed by atoms with van der Waals surface area (Å²) in [5.41, 5.74) is 1.07. The third-order valence-electron chi connectivity index (χ3n) is 3.07. The summed E-state index contributed by atoms with van der Waals surface area (Å²) in [6.07, 6.45) is 1.77. The molecule has 2 aromatic rings. The first-order chi connectivity index (χ1) is 11.0. The molecule has 23 heavy (non-hydrogen) atoms. The summed E-state index contributed by atoms with van der Waals surface area (Å²) < 4.78 is 17.8. The molecule has 2 rings (SSSR count). The zero-order chi connectivity index (χ0) is 16.8. The number of hydrogen-bond acceptors (Lipinski definition) is 3. The van der Waals surface area contributed by atoms with Crippen LogP contribution in [0.25, 0.3) is 6.08 Å². The number of hydrogen-bond donors (Lipinski definition) is 0. The molecule has 0 aliphatic carbocycles. The van der Waals surface area contributed by atoms with E-state index in [4.69, 9.17) is 16.3 Å². The minimum absolute atomic E-state index is 0.315. The SMILES string of the molecule is C[C@H](OC(=O)/C=C/c1ccc(F)cc1)C(=O)c1ccc(Cl)cc1. The predicted octanol–water partition coefficient (Wildman–Crippen LogP) is 4.31. The fourth-order valence-electron chi connectivity index (χ4n) is 1.85. The lowest BCUT2D eigenvalue weighted by atomic mass is 10.1. The summed E-state index contributed by atoms with van der Waals surface area (Å²) >= 11 is 5.76. The Labute approximate surface area is 138 Å². The zero-order valence-corrected chi connectivity index (χ0v) is 13.1. The Morgan fingerprint density at radius 3 is 2.30 bits per heavy atom. The molecule has 2 aromatic carbocycles. The van der Waals surface area contributed by atoms with Crippen molar-refractivity contribution >= 4 is 29.4 Å². The second-order valence-corrected chi connectivity index (χ2v) is 5.27. The molecule has 0 aliphatic heterocycles. The highest BCUT2D eigenvalue weighted by Crippen LogP contribution is 2.12. The highest BCUT2D eigenvalue weighted by Gasteiger charge is 2.18. The number of ketones is 1. The first kappa shape index (κ1) is 16.9. The summed E-state index contributed by atoms with van der Waals surface area (Å²) in [4.78, 5) is 23.8. The van der Waals surface area contributed by atoms with Crippen LogP contribution in [0.2, 0.25) is 5.02 Å². The Morgan fingerprint density at radius 2 is 1.70 bits per heavy atom. The van der Waals surface area contributed by atoms with Crippen molar-refractivity contribution in [2.24, 2.45) is 0 Å². The van der Waals surface area contributed by atoms with E-state index in [1.165, 1.54) is 43.3 Å². The predicted molar refractivity (Wildman–Crippen MR) is 86.8 cm³/mol. The van der Waals surface area contributed by atoms with Crippen LogP contribution < -0.4 is 0 Å². The van der Waals surface area contributed by atoms with E-state index in [0.717, 1.165) is 0 Å². The maximum absolute atomic E-state index is 12.8. The van der Waals surface area contributed by atoms with Crippen molar-refractivity contribution in [2.45, 2.75) is 13.0 Å². The standard InChI is InChI=1S/C18H14ClFO3/c1-12(18(22)14-5-7-15(19)8-6-14)23-17(21)11-4-13-2-9-16(20)10-3-13/h2-12H,1H3/b11-4+/t12-/m0/s1. The Morgan fingerprint density at radius 1 is 1.09 bits per heavy atom. The van der Waals surface area contributed by atoms with E-state index in [1.54, 1.807) is 24.3 Å². The lowest BCUT2D eigenvalue weighted by Crippen LogP contribution is -2.23. The van der Waals surface area contributed by atoms with Gasteiger partial charge >= 0.3 is 5.97 Å². The average molecular weight is 333 g/mol. The van der Waals surface area contributed by atoms with Crippen molar-refractivity contribution in [3.8, 4) is 0 Å². The van der Waals surface area contributed by atoms with Gasteiger partial charge in [-0.1, -0.05) is 23.7 Å². The van der Waals surface area contributed by atoms with Gasteiger partial charge < -0.3 is 4.74 Å². The molecule has 0 heterocycles. The third kappa shape index (κ3) is 5.04. The van der Waals surface area contributed by atoms with Crippen molar-refractivity contribution in [3.05, 3.63) is 76.6 Å². The summed E-state index contributed by atoms with van der Waals surface area (Å²) in [7, 11) is 0. The van der Waals surface area contributed by atoms with E-state index >= 15 is 0 Å². The van der Waals surface area contributed by atoms with Gasteiger partial charge in [0.1, 0.15) is 5.82 Å².